The number of thioether (sulfide) groups is 1. The molecule has 2 aromatic heterocycles. The van der Waals surface area contributed by atoms with E-state index in [9.17, 15) is 14.7 Å². The molecule has 0 saturated heterocycles. The van der Waals surface area contributed by atoms with Gasteiger partial charge in [-0.1, -0.05) is 67.2 Å². The van der Waals surface area contributed by atoms with Crippen LogP contribution in [0.2, 0.25) is 0 Å². The minimum absolute atomic E-state index is 0.0556. The lowest BCUT2D eigenvalue weighted by molar-refractivity contribution is -0.0353. The number of H-pyrrole nitrogens is 1. The number of nitrogens with zero attached hydrogens (tertiary/aromatic N) is 5. The van der Waals surface area contributed by atoms with Crippen LogP contribution in [0.1, 0.15) is 56.4 Å². The van der Waals surface area contributed by atoms with Crippen LogP contribution < -0.4 is 0 Å². The van der Waals surface area contributed by atoms with E-state index in [0.717, 1.165) is 22.3 Å². The second-order valence-electron chi connectivity index (χ2n) is 9.76. The number of aromatic amines is 1. The van der Waals surface area contributed by atoms with E-state index in [1.165, 1.54) is 11.8 Å². The Balaban J connectivity index is 1.61. The molecule has 2 heterocycles. The van der Waals surface area contributed by atoms with E-state index >= 15 is 0 Å². The third kappa shape index (κ3) is 7.30. The molecule has 0 atom stereocenters. The number of carbonyl (C=O) groups is 2. The summed E-state index contributed by atoms with van der Waals surface area (Å²) in [5.74, 6) is 0.359. The number of rotatable bonds is 11. The second kappa shape index (κ2) is 13.0. The average Bonchev–Trinajstić information content (AvgIpc) is 3.58. The molecule has 216 valence electrons. The molecule has 4 aromatic rings. The van der Waals surface area contributed by atoms with Crippen LogP contribution >= 0.6 is 11.8 Å². The van der Waals surface area contributed by atoms with Gasteiger partial charge in [-0.05, 0) is 55.4 Å². The Hall–Kier alpha value is -4.23. The SMILES string of the molecule is CCSc1nc(C(=O)OCOC(=O)OC(C)C)c(C(C)(C)O)n1Cc1ccc(-c2ccccc2-c2nn[nH]n2)cc1. The van der Waals surface area contributed by atoms with E-state index in [4.69, 9.17) is 14.2 Å². The largest absolute Gasteiger partial charge is 0.511 e. The smallest absolute Gasteiger partial charge is 0.431 e. The van der Waals surface area contributed by atoms with E-state index in [2.05, 4.69) is 25.6 Å². The van der Waals surface area contributed by atoms with Crippen LogP contribution in [0, 0.1) is 0 Å². The molecule has 0 unspecified atom stereocenters. The molecule has 2 N–H and O–H groups in total. The van der Waals surface area contributed by atoms with Gasteiger partial charge in [-0.25, -0.2) is 14.6 Å². The predicted octanol–water partition coefficient (Wildman–Crippen LogP) is 4.79. The Morgan fingerprint density at radius 3 is 2.39 bits per heavy atom. The van der Waals surface area contributed by atoms with Gasteiger partial charge in [0.1, 0.15) is 5.60 Å². The molecule has 0 fully saturated rings. The normalized spacial score (nSPS) is 11.5. The Labute approximate surface area is 241 Å². The second-order valence-corrected chi connectivity index (χ2v) is 11.0. The summed E-state index contributed by atoms with van der Waals surface area (Å²) in [6.45, 7) is 8.15. The molecule has 0 saturated carbocycles. The number of imidazole rings is 1. The fraction of sp³-hybridized carbons (Fsp3) is 0.357. The van der Waals surface area contributed by atoms with Gasteiger partial charge in [0.05, 0.1) is 11.8 Å². The topological polar surface area (TPSA) is 154 Å². The van der Waals surface area contributed by atoms with Gasteiger partial charge in [-0.15, -0.1) is 10.2 Å². The lowest BCUT2D eigenvalue weighted by atomic mass is 9.98. The van der Waals surface area contributed by atoms with E-state index in [1.807, 2.05) is 55.5 Å². The summed E-state index contributed by atoms with van der Waals surface area (Å²) in [6, 6.07) is 15.7. The van der Waals surface area contributed by atoms with Crippen molar-refractivity contribution in [1.29, 1.82) is 0 Å². The van der Waals surface area contributed by atoms with Crippen molar-refractivity contribution in [3.63, 3.8) is 0 Å². The molecule has 4 rings (SSSR count). The first-order chi connectivity index (χ1) is 19.6. The van der Waals surface area contributed by atoms with Crippen LogP contribution in [0.25, 0.3) is 22.5 Å². The Morgan fingerprint density at radius 1 is 1.07 bits per heavy atom. The first-order valence-electron chi connectivity index (χ1n) is 13.0. The molecule has 0 radical (unpaired) electrons. The van der Waals surface area contributed by atoms with Gasteiger partial charge in [-0.3, -0.25) is 0 Å². The number of nitrogens with one attached hydrogen (secondary N) is 1. The average molecular weight is 581 g/mol. The minimum atomic E-state index is -1.44. The summed E-state index contributed by atoms with van der Waals surface area (Å²) in [4.78, 5) is 29.1. The summed E-state index contributed by atoms with van der Waals surface area (Å²) in [7, 11) is 0. The molecule has 0 amide bonds. The maximum Gasteiger partial charge on any atom is 0.511 e. The molecule has 12 nitrogen and oxygen atoms in total. The molecule has 0 aliphatic heterocycles. The van der Waals surface area contributed by atoms with Crippen LogP contribution in [0.15, 0.2) is 53.7 Å². The van der Waals surface area contributed by atoms with Crippen LogP contribution in [0.4, 0.5) is 4.79 Å². The summed E-state index contributed by atoms with van der Waals surface area (Å²) in [5.41, 5.74) is 2.48. The van der Waals surface area contributed by atoms with Crippen molar-refractivity contribution in [2.24, 2.45) is 0 Å². The van der Waals surface area contributed by atoms with E-state index in [0.29, 0.717) is 23.3 Å². The predicted molar refractivity (Wildman–Crippen MR) is 151 cm³/mol. The van der Waals surface area contributed by atoms with Crippen molar-refractivity contribution >= 4 is 23.9 Å². The quantitative estimate of drug-likeness (QED) is 0.143. The number of aliphatic hydroxyl groups is 1. The molecule has 2 aromatic carbocycles. The maximum atomic E-state index is 13.0. The lowest BCUT2D eigenvalue weighted by Gasteiger charge is -2.22. The van der Waals surface area contributed by atoms with Gasteiger partial charge in [0.25, 0.3) is 0 Å². The molecule has 41 heavy (non-hydrogen) atoms. The highest BCUT2D eigenvalue weighted by molar-refractivity contribution is 7.99. The number of benzene rings is 2. The fourth-order valence-electron chi connectivity index (χ4n) is 4.18. The summed E-state index contributed by atoms with van der Waals surface area (Å²) in [6.07, 6.45) is -1.33. The standard InChI is InChI=1S/C28H32N6O6S/c1-6-41-26-29-22(25(35)38-16-39-27(36)40-17(2)3)23(28(4,5)37)34(26)15-18-11-13-19(14-12-18)20-9-7-8-10-21(20)24-30-32-33-31-24/h7-14,17,37H,6,15-16H2,1-5H3,(H,30,31,32,33). The van der Waals surface area contributed by atoms with Crippen LogP contribution in [0.3, 0.4) is 0 Å². The Morgan fingerprint density at radius 2 is 1.78 bits per heavy atom. The fourth-order valence-corrected chi connectivity index (χ4v) is 4.91. The zero-order valence-electron chi connectivity index (χ0n) is 23.5. The highest BCUT2D eigenvalue weighted by Gasteiger charge is 2.33. The van der Waals surface area contributed by atoms with E-state index in [-0.39, 0.29) is 17.5 Å². The van der Waals surface area contributed by atoms with Crippen LogP contribution in [-0.4, -0.2) is 66.1 Å². The van der Waals surface area contributed by atoms with Crippen molar-refractivity contribution < 1.29 is 28.9 Å². The van der Waals surface area contributed by atoms with Crippen LogP contribution in [0.5, 0.6) is 0 Å². The number of hydrogen-bond acceptors (Lipinski definition) is 11. The monoisotopic (exact) mass is 580 g/mol. The van der Waals surface area contributed by atoms with Gasteiger partial charge < -0.3 is 23.9 Å². The summed E-state index contributed by atoms with van der Waals surface area (Å²) >= 11 is 1.43. The van der Waals surface area contributed by atoms with Gasteiger partial charge in [0.15, 0.2) is 10.9 Å². The number of ether oxygens (including phenoxy) is 3. The van der Waals surface area contributed by atoms with Gasteiger partial charge >= 0.3 is 12.1 Å². The minimum Gasteiger partial charge on any atom is -0.431 e. The van der Waals surface area contributed by atoms with E-state index in [1.54, 1.807) is 32.3 Å². The number of carbonyl (C=O) groups excluding carboxylic acids is 2. The summed E-state index contributed by atoms with van der Waals surface area (Å²) < 4.78 is 16.6. The molecule has 13 heteroatoms. The Kier molecular flexibility index (Phi) is 9.40. The van der Waals surface area contributed by atoms with Crippen molar-refractivity contribution in [1.82, 2.24) is 30.2 Å². The number of hydrogen-bond donors (Lipinski definition) is 2. The number of esters is 1. The van der Waals surface area contributed by atoms with Gasteiger partial charge in [0, 0.05) is 12.1 Å². The molecule has 0 bridgehead atoms. The van der Waals surface area contributed by atoms with Crippen LogP contribution in [-0.2, 0) is 26.4 Å². The Bertz CT molecular complexity index is 1480. The molecular formula is C28H32N6O6S. The molecule has 0 spiro atoms. The third-order valence-corrected chi connectivity index (χ3v) is 6.66. The molecule has 0 aliphatic carbocycles. The van der Waals surface area contributed by atoms with Crippen molar-refractivity contribution in [2.75, 3.05) is 12.5 Å². The van der Waals surface area contributed by atoms with Crippen molar-refractivity contribution in [2.45, 2.75) is 58.0 Å². The highest BCUT2D eigenvalue weighted by Crippen LogP contribution is 2.33. The molecule has 0 aliphatic rings. The lowest BCUT2D eigenvalue weighted by Crippen LogP contribution is -2.26. The zero-order chi connectivity index (χ0) is 29.6. The third-order valence-electron chi connectivity index (χ3n) is 5.80. The first kappa shape index (κ1) is 29.7. The van der Waals surface area contributed by atoms with E-state index < -0.39 is 24.5 Å². The van der Waals surface area contributed by atoms with Gasteiger partial charge in [0.2, 0.25) is 12.6 Å². The highest BCUT2D eigenvalue weighted by atomic mass is 32.2. The zero-order valence-corrected chi connectivity index (χ0v) is 24.3. The van der Waals surface area contributed by atoms with Gasteiger partial charge in [-0.2, -0.15) is 5.21 Å². The number of aromatic nitrogens is 6. The number of tetrazole rings is 1. The van der Waals surface area contributed by atoms with Crippen molar-refractivity contribution in [3.8, 4) is 22.5 Å². The summed E-state index contributed by atoms with van der Waals surface area (Å²) in [5, 5.41) is 26.0. The molecular weight excluding hydrogens is 548 g/mol. The maximum absolute atomic E-state index is 13.0. The van der Waals surface area contributed by atoms with Crippen molar-refractivity contribution in [3.05, 3.63) is 65.5 Å². The first-order valence-corrected chi connectivity index (χ1v) is 14.0.